The number of allylic oxidation sites excluding steroid dienone is 1. The molecule has 0 radical (unpaired) electrons. The Kier molecular flexibility index (Phi) is 5.58. The van der Waals surface area contributed by atoms with Gasteiger partial charge >= 0.3 is 0 Å². The van der Waals surface area contributed by atoms with Crippen molar-refractivity contribution in [2.75, 3.05) is 5.73 Å². The molecule has 1 aliphatic carbocycles. The fourth-order valence-corrected chi connectivity index (χ4v) is 4.05. The second kappa shape index (κ2) is 8.29. The van der Waals surface area contributed by atoms with Crippen LogP contribution in [0.2, 0.25) is 5.02 Å². The van der Waals surface area contributed by atoms with Crippen LogP contribution in [0.1, 0.15) is 42.9 Å². The van der Waals surface area contributed by atoms with E-state index in [-0.39, 0.29) is 11.9 Å². The first-order valence-corrected chi connectivity index (χ1v) is 10.4. The monoisotopic (exact) mass is 408 g/mol. The molecule has 1 heterocycles. The van der Waals surface area contributed by atoms with Gasteiger partial charge in [0.05, 0.1) is 23.9 Å². The number of hydrogen-bond acceptors (Lipinski definition) is 4. The number of carbonyl (C=O) groups is 1. The molecule has 6 heteroatoms. The van der Waals surface area contributed by atoms with Gasteiger partial charge in [0.15, 0.2) is 0 Å². The number of nitrogen functional groups attached to an aromatic ring is 1. The zero-order chi connectivity index (χ0) is 20.4. The van der Waals surface area contributed by atoms with E-state index in [1.165, 1.54) is 5.56 Å². The van der Waals surface area contributed by atoms with Gasteiger partial charge in [0, 0.05) is 16.3 Å². The van der Waals surface area contributed by atoms with Gasteiger partial charge < -0.3 is 16.4 Å². The number of hydrogen-bond donors (Lipinski definition) is 3. The van der Waals surface area contributed by atoms with Crippen LogP contribution >= 0.6 is 11.6 Å². The van der Waals surface area contributed by atoms with Crippen molar-refractivity contribution in [1.82, 2.24) is 10.6 Å². The molecular formula is C23H25ClN4O. The highest BCUT2D eigenvalue weighted by Crippen LogP contribution is 2.34. The molecule has 0 fully saturated rings. The number of rotatable bonds is 4. The van der Waals surface area contributed by atoms with E-state index in [0.29, 0.717) is 17.3 Å². The molecule has 2 aromatic rings. The van der Waals surface area contributed by atoms with Gasteiger partial charge in [-0.3, -0.25) is 4.79 Å². The quantitative estimate of drug-likeness (QED) is 0.667. The van der Waals surface area contributed by atoms with Crippen LogP contribution < -0.4 is 16.4 Å². The Bertz CT molecular complexity index is 994. The lowest BCUT2D eigenvalue weighted by Crippen LogP contribution is -2.48. The van der Waals surface area contributed by atoms with Crippen LogP contribution in [-0.4, -0.2) is 17.8 Å². The van der Waals surface area contributed by atoms with Crippen LogP contribution in [-0.2, 0) is 17.6 Å². The van der Waals surface area contributed by atoms with Gasteiger partial charge in [0.2, 0.25) is 5.91 Å². The van der Waals surface area contributed by atoms with Crippen molar-refractivity contribution < 1.29 is 4.79 Å². The fourth-order valence-electron chi connectivity index (χ4n) is 3.92. The van der Waals surface area contributed by atoms with Crippen molar-refractivity contribution in [3.8, 4) is 0 Å². The van der Waals surface area contributed by atoms with Crippen LogP contribution in [0.25, 0.3) is 5.70 Å². The first kappa shape index (κ1) is 19.5. The van der Waals surface area contributed by atoms with Crippen molar-refractivity contribution in [3.05, 3.63) is 69.9 Å². The highest BCUT2D eigenvalue weighted by Gasteiger charge is 2.29. The van der Waals surface area contributed by atoms with Crippen LogP contribution in [0.15, 0.2) is 53.2 Å². The molecule has 1 aliphatic heterocycles. The third-order valence-electron chi connectivity index (χ3n) is 5.35. The van der Waals surface area contributed by atoms with Crippen LogP contribution in [0.5, 0.6) is 0 Å². The zero-order valence-corrected chi connectivity index (χ0v) is 17.2. The highest BCUT2D eigenvalue weighted by molar-refractivity contribution is 6.30. The molecular weight excluding hydrogens is 384 g/mol. The summed E-state index contributed by atoms with van der Waals surface area (Å²) in [5.41, 5.74) is 12.1. The summed E-state index contributed by atoms with van der Waals surface area (Å²) in [5, 5.41) is 7.34. The molecule has 1 amide bonds. The third kappa shape index (κ3) is 4.30. The lowest BCUT2D eigenvalue weighted by molar-refractivity contribution is -0.119. The average Bonchev–Trinajstić information content (AvgIpc) is 2.70. The number of halogens is 1. The third-order valence-corrected chi connectivity index (χ3v) is 5.60. The summed E-state index contributed by atoms with van der Waals surface area (Å²) in [6.45, 7) is 2.13. The number of aliphatic imine (C=N–C) groups is 1. The number of carbonyl (C=O) groups excluding carboxylic acids is 1. The van der Waals surface area contributed by atoms with E-state index >= 15 is 0 Å². The Morgan fingerprint density at radius 3 is 2.79 bits per heavy atom. The number of nitrogens with one attached hydrogen (secondary N) is 2. The van der Waals surface area contributed by atoms with Crippen molar-refractivity contribution in [1.29, 1.82) is 0 Å². The Hall–Kier alpha value is -2.79. The van der Waals surface area contributed by atoms with Gasteiger partial charge in [-0.05, 0) is 54.7 Å². The van der Waals surface area contributed by atoms with Crippen molar-refractivity contribution in [2.24, 2.45) is 4.99 Å². The molecule has 1 unspecified atom stereocenters. The van der Waals surface area contributed by atoms with E-state index in [9.17, 15) is 4.79 Å². The van der Waals surface area contributed by atoms with Crippen LogP contribution in [0, 0.1) is 0 Å². The number of amidine groups is 1. The van der Waals surface area contributed by atoms with Gasteiger partial charge in [-0.2, -0.15) is 0 Å². The van der Waals surface area contributed by atoms with E-state index in [0.717, 1.165) is 53.9 Å². The molecule has 0 spiro atoms. The second-order valence-electron chi connectivity index (χ2n) is 7.57. The molecule has 1 atom stereocenters. The molecule has 0 saturated heterocycles. The van der Waals surface area contributed by atoms with Crippen molar-refractivity contribution in [2.45, 2.75) is 45.1 Å². The van der Waals surface area contributed by atoms with E-state index < -0.39 is 0 Å². The Labute approximate surface area is 176 Å². The maximum Gasteiger partial charge on any atom is 0.229 e. The molecule has 5 nitrogen and oxygen atoms in total. The predicted molar refractivity (Wildman–Crippen MR) is 119 cm³/mol. The second-order valence-corrected chi connectivity index (χ2v) is 8.01. The van der Waals surface area contributed by atoms with E-state index in [1.807, 2.05) is 24.3 Å². The standard InChI is InChI=1S/C23H25ClN4O/c1-2-3-20-23(28-21(29)12-14-4-7-16(24)8-5-14)27-19-11-6-15-13-17(25)9-10-18(15)22(19)26-20/h4-5,7-10,13,20,26H,2-3,6,11-12,25H2,1H3,(H,27,28,29). The topological polar surface area (TPSA) is 79.5 Å². The largest absolute Gasteiger partial charge is 0.399 e. The molecule has 2 aromatic carbocycles. The van der Waals surface area contributed by atoms with E-state index in [2.05, 4.69) is 23.6 Å². The van der Waals surface area contributed by atoms with Gasteiger partial charge in [0.25, 0.3) is 0 Å². The predicted octanol–water partition coefficient (Wildman–Crippen LogP) is 4.07. The minimum atomic E-state index is -0.0676. The summed E-state index contributed by atoms with van der Waals surface area (Å²) in [5.74, 6) is 0.644. The van der Waals surface area contributed by atoms with Gasteiger partial charge in [-0.25, -0.2) is 4.99 Å². The van der Waals surface area contributed by atoms with Crippen LogP contribution in [0.3, 0.4) is 0 Å². The Balaban J connectivity index is 1.57. The molecule has 150 valence electrons. The minimum Gasteiger partial charge on any atom is -0.399 e. The summed E-state index contributed by atoms with van der Waals surface area (Å²) in [4.78, 5) is 17.5. The normalized spacial score (nSPS) is 17.7. The van der Waals surface area contributed by atoms with Gasteiger partial charge in [-0.15, -0.1) is 0 Å². The van der Waals surface area contributed by atoms with Gasteiger partial charge in [0.1, 0.15) is 5.84 Å². The summed E-state index contributed by atoms with van der Waals surface area (Å²) >= 11 is 5.93. The Morgan fingerprint density at radius 1 is 1.24 bits per heavy atom. The highest BCUT2D eigenvalue weighted by atomic mass is 35.5. The molecule has 4 rings (SSSR count). The molecule has 29 heavy (non-hydrogen) atoms. The Morgan fingerprint density at radius 2 is 2.03 bits per heavy atom. The maximum absolute atomic E-state index is 12.6. The first-order valence-electron chi connectivity index (χ1n) is 10.0. The number of fused-ring (bicyclic) bond motifs is 2. The molecule has 0 saturated carbocycles. The van der Waals surface area contributed by atoms with Crippen molar-refractivity contribution in [3.63, 3.8) is 0 Å². The number of amides is 1. The molecule has 4 N–H and O–H groups in total. The number of benzene rings is 2. The van der Waals surface area contributed by atoms with E-state index in [1.54, 1.807) is 12.1 Å². The molecule has 0 bridgehead atoms. The van der Waals surface area contributed by atoms with Gasteiger partial charge in [-0.1, -0.05) is 43.1 Å². The molecule has 0 aromatic heterocycles. The number of anilines is 1. The summed E-state index contributed by atoms with van der Waals surface area (Å²) in [6.07, 6.45) is 3.90. The van der Waals surface area contributed by atoms with Crippen molar-refractivity contribution >= 4 is 34.7 Å². The first-order chi connectivity index (χ1) is 14.0. The van der Waals surface area contributed by atoms with E-state index in [4.69, 9.17) is 22.3 Å². The smallest absolute Gasteiger partial charge is 0.229 e. The SMILES string of the molecule is CCCC1NC2=C(CCc3cc(N)ccc32)N=C1NC(=O)Cc1ccc(Cl)cc1. The summed E-state index contributed by atoms with van der Waals surface area (Å²) in [6, 6.07) is 13.4. The summed E-state index contributed by atoms with van der Waals surface area (Å²) < 4.78 is 0. The molecule has 2 aliphatic rings. The summed E-state index contributed by atoms with van der Waals surface area (Å²) in [7, 11) is 0. The lowest BCUT2D eigenvalue weighted by Gasteiger charge is -2.32. The minimum absolute atomic E-state index is 0.0172. The fraction of sp³-hybridized carbons (Fsp3) is 0.304. The lowest BCUT2D eigenvalue weighted by atomic mass is 9.90. The maximum atomic E-state index is 12.6. The van der Waals surface area contributed by atoms with Crippen LogP contribution in [0.4, 0.5) is 5.69 Å². The zero-order valence-electron chi connectivity index (χ0n) is 16.5. The average molecular weight is 409 g/mol. The number of nitrogens with zero attached hydrogens (tertiary/aromatic N) is 1. The number of nitrogens with two attached hydrogens (primary N) is 1. The number of aryl methyl sites for hydroxylation is 1.